The Morgan fingerprint density at radius 3 is 2.57 bits per heavy atom. The standard InChI is InChI=1S/C16H20N2O2S/c19-15-12-14(17-8-10-21-11-9-17)16(20)18(15)7-6-13-4-2-1-3-5-13/h1-5,14H,6-12H2/p+1/t14-/m1/s1. The summed E-state index contributed by atoms with van der Waals surface area (Å²) in [4.78, 5) is 27.4. The van der Waals surface area contributed by atoms with Gasteiger partial charge in [0.05, 0.1) is 19.5 Å². The zero-order chi connectivity index (χ0) is 14.7. The van der Waals surface area contributed by atoms with E-state index in [9.17, 15) is 9.59 Å². The van der Waals surface area contributed by atoms with Crippen molar-refractivity contribution in [3.05, 3.63) is 35.9 Å². The number of carbonyl (C=O) groups is 2. The molecule has 4 nitrogen and oxygen atoms in total. The molecular formula is C16H21N2O2S+. The lowest BCUT2D eigenvalue weighted by atomic mass is 10.1. The van der Waals surface area contributed by atoms with E-state index in [-0.39, 0.29) is 17.9 Å². The average Bonchev–Trinajstić information content (AvgIpc) is 2.82. The maximum atomic E-state index is 12.5. The van der Waals surface area contributed by atoms with Crippen molar-refractivity contribution < 1.29 is 14.5 Å². The molecule has 0 spiro atoms. The van der Waals surface area contributed by atoms with Crippen molar-refractivity contribution in [1.29, 1.82) is 0 Å². The van der Waals surface area contributed by atoms with Crippen LogP contribution in [0.15, 0.2) is 30.3 Å². The molecule has 0 radical (unpaired) electrons. The van der Waals surface area contributed by atoms with Crippen LogP contribution in [-0.2, 0) is 16.0 Å². The van der Waals surface area contributed by atoms with E-state index in [1.807, 2.05) is 42.1 Å². The molecule has 0 saturated carbocycles. The van der Waals surface area contributed by atoms with Crippen LogP contribution in [0.2, 0.25) is 0 Å². The van der Waals surface area contributed by atoms with Crippen LogP contribution in [-0.4, -0.2) is 53.9 Å². The number of imide groups is 1. The van der Waals surface area contributed by atoms with E-state index in [0.717, 1.165) is 31.0 Å². The SMILES string of the molecule is O=C1C[C@@H]([NH+]2CCSCC2)C(=O)N1CCc1ccccc1. The second-order valence-corrected chi connectivity index (χ2v) is 6.87. The smallest absolute Gasteiger partial charge is 0.288 e. The number of hydrogen-bond acceptors (Lipinski definition) is 3. The number of thioether (sulfide) groups is 1. The molecule has 21 heavy (non-hydrogen) atoms. The summed E-state index contributed by atoms with van der Waals surface area (Å²) in [7, 11) is 0. The molecule has 112 valence electrons. The lowest BCUT2D eigenvalue weighted by Gasteiger charge is -2.27. The summed E-state index contributed by atoms with van der Waals surface area (Å²) in [6.45, 7) is 2.52. The third-order valence-corrected chi connectivity index (χ3v) is 5.32. The second kappa shape index (κ2) is 6.62. The van der Waals surface area contributed by atoms with Crippen molar-refractivity contribution >= 4 is 23.6 Å². The number of nitrogens with one attached hydrogen (secondary N) is 1. The summed E-state index contributed by atoms with van der Waals surface area (Å²) in [5, 5.41) is 0. The molecular weight excluding hydrogens is 284 g/mol. The molecule has 2 amide bonds. The van der Waals surface area contributed by atoms with Crippen LogP contribution < -0.4 is 4.90 Å². The third-order valence-electron chi connectivity index (χ3n) is 4.34. The van der Waals surface area contributed by atoms with Crippen LogP contribution >= 0.6 is 11.8 Å². The molecule has 0 unspecified atom stereocenters. The van der Waals surface area contributed by atoms with Gasteiger partial charge in [-0.25, -0.2) is 0 Å². The molecule has 0 bridgehead atoms. The molecule has 1 atom stereocenters. The van der Waals surface area contributed by atoms with Crippen LogP contribution in [0, 0.1) is 0 Å². The molecule has 0 aromatic heterocycles. The molecule has 5 heteroatoms. The molecule has 2 aliphatic heterocycles. The van der Waals surface area contributed by atoms with Crippen molar-refractivity contribution in [3.63, 3.8) is 0 Å². The zero-order valence-corrected chi connectivity index (χ0v) is 12.9. The Balaban J connectivity index is 1.61. The fourth-order valence-electron chi connectivity index (χ4n) is 3.10. The minimum Gasteiger partial charge on any atom is -0.323 e. The van der Waals surface area contributed by atoms with Crippen LogP contribution in [0.4, 0.5) is 0 Å². The van der Waals surface area contributed by atoms with Crippen molar-refractivity contribution in [3.8, 4) is 0 Å². The Morgan fingerprint density at radius 2 is 1.86 bits per heavy atom. The first-order valence-electron chi connectivity index (χ1n) is 7.56. The molecule has 2 fully saturated rings. The van der Waals surface area contributed by atoms with Gasteiger partial charge < -0.3 is 4.90 Å². The molecule has 1 aromatic rings. The van der Waals surface area contributed by atoms with Gasteiger partial charge >= 0.3 is 0 Å². The van der Waals surface area contributed by atoms with Crippen molar-refractivity contribution in [1.82, 2.24) is 4.90 Å². The van der Waals surface area contributed by atoms with Gasteiger partial charge in [0, 0.05) is 18.1 Å². The lowest BCUT2D eigenvalue weighted by Crippen LogP contribution is -3.18. The van der Waals surface area contributed by atoms with Crippen molar-refractivity contribution in [2.24, 2.45) is 0 Å². The predicted octanol–water partition coefficient (Wildman–Crippen LogP) is -0.0117. The molecule has 2 aliphatic rings. The molecule has 1 N–H and O–H groups in total. The Labute approximate surface area is 129 Å². The van der Waals surface area contributed by atoms with Crippen LogP contribution in [0.25, 0.3) is 0 Å². The van der Waals surface area contributed by atoms with E-state index in [1.165, 1.54) is 15.4 Å². The van der Waals surface area contributed by atoms with Gasteiger partial charge in [-0.15, -0.1) is 0 Å². The highest BCUT2D eigenvalue weighted by Gasteiger charge is 2.44. The number of quaternary nitrogens is 1. The Morgan fingerprint density at radius 1 is 1.14 bits per heavy atom. The summed E-state index contributed by atoms with van der Waals surface area (Å²) >= 11 is 1.94. The van der Waals surface area contributed by atoms with E-state index in [1.54, 1.807) is 0 Å². The van der Waals surface area contributed by atoms with Gasteiger partial charge in [-0.1, -0.05) is 30.3 Å². The van der Waals surface area contributed by atoms with E-state index >= 15 is 0 Å². The quantitative estimate of drug-likeness (QED) is 0.796. The number of nitrogens with zero attached hydrogens (tertiary/aromatic N) is 1. The Kier molecular flexibility index (Phi) is 4.60. The van der Waals surface area contributed by atoms with E-state index < -0.39 is 0 Å². The van der Waals surface area contributed by atoms with Crippen molar-refractivity contribution in [2.75, 3.05) is 31.1 Å². The predicted molar refractivity (Wildman–Crippen MR) is 83.3 cm³/mol. The number of carbonyl (C=O) groups excluding carboxylic acids is 2. The summed E-state index contributed by atoms with van der Waals surface area (Å²) in [5.41, 5.74) is 1.17. The van der Waals surface area contributed by atoms with Gasteiger partial charge in [0.15, 0.2) is 6.04 Å². The fourth-order valence-corrected chi connectivity index (χ4v) is 4.12. The lowest BCUT2D eigenvalue weighted by molar-refractivity contribution is -0.911. The first-order chi connectivity index (χ1) is 10.3. The monoisotopic (exact) mass is 305 g/mol. The highest BCUT2D eigenvalue weighted by atomic mass is 32.2. The maximum absolute atomic E-state index is 12.5. The number of rotatable bonds is 4. The highest BCUT2D eigenvalue weighted by molar-refractivity contribution is 7.99. The van der Waals surface area contributed by atoms with E-state index in [2.05, 4.69) is 0 Å². The molecule has 1 aromatic carbocycles. The Hall–Kier alpha value is -1.33. The first kappa shape index (κ1) is 14.6. The summed E-state index contributed by atoms with van der Waals surface area (Å²) in [6.07, 6.45) is 1.14. The van der Waals surface area contributed by atoms with Crippen LogP contribution in [0.1, 0.15) is 12.0 Å². The van der Waals surface area contributed by atoms with Crippen LogP contribution in [0.3, 0.4) is 0 Å². The molecule has 3 rings (SSSR count). The van der Waals surface area contributed by atoms with E-state index in [0.29, 0.717) is 13.0 Å². The summed E-state index contributed by atoms with van der Waals surface area (Å²) in [6, 6.07) is 9.89. The van der Waals surface area contributed by atoms with Gasteiger partial charge in [0.25, 0.3) is 5.91 Å². The number of benzene rings is 1. The summed E-state index contributed by atoms with van der Waals surface area (Å²) < 4.78 is 0. The first-order valence-corrected chi connectivity index (χ1v) is 8.71. The minimum absolute atomic E-state index is 0.00616. The normalized spacial score (nSPS) is 23.8. The third kappa shape index (κ3) is 3.30. The highest BCUT2D eigenvalue weighted by Crippen LogP contribution is 2.13. The van der Waals surface area contributed by atoms with Crippen molar-refractivity contribution in [2.45, 2.75) is 18.9 Å². The second-order valence-electron chi connectivity index (χ2n) is 5.65. The topological polar surface area (TPSA) is 41.8 Å². The van der Waals surface area contributed by atoms with Crippen LogP contribution in [0.5, 0.6) is 0 Å². The molecule has 2 saturated heterocycles. The van der Waals surface area contributed by atoms with Gasteiger partial charge in [0.1, 0.15) is 0 Å². The minimum atomic E-state index is -0.130. The van der Waals surface area contributed by atoms with Gasteiger partial charge in [-0.3, -0.25) is 14.5 Å². The summed E-state index contributed by atoms with van der Waals surface area (Å²) in [5.74, 6) is 2.23. The van der Waals surface area contributed by atoms with Gasteiger partial charge in [0.2, 0.25) is 5.91 Å². The number of hydrogen-bond donors (Lipinski definition) is 1. The fraction of sp³-hybridized carbons (Fsp3) is 0.500. The van der Waals surface area contributed by atoms with Gasteiger partial charge in [-0.2, -0.15) is 11.8 Å². The van der Waals surface area contributed by atoms with Gasteiger partial charge in [-0.05, 0) is 12.0 Å². The Bertz CT molecular complexity index is 514. The largest absolute Gasteiger partial charge is 0.323 e. The average molecular weight is 305 g/mol. The van der Waals surface area contributed by atoms with E-state index in [4.69, 9.17) is 0 Å². The number of amides is 2. The number of likely N-dealkylation sites (tertiary alicyclic amines) is 1. The molecule has 2 heterocycles. The maximum Gasteiger partial charge on any atom is 0.288 e. The molecule has 0 aliphatic carbocycles. The zero-order valence-electron chi connectivity index (χ0n) is 12.1.